The zero-order chi connectivity index (χ0) is 11.5. The van der Waals surface area contributed by atoms with Crippen LogP contribution < -0.4 is 5.32 Å². The van der Waals surface area contributed by atoms with E-state index in [1.807, 2.05) is 0 Å². The molecular weight excluding hydrogens is 208 g/mol. The minimum atomic E-state index is -0.428. The van der Waals surface area contributed by atoms with Gasteiger partial charge in [-0.3, -0.25) is 0 Å². The second kappa shape index (κ2) is 4.18. The van der Waals surface area contributed by atoms with Crippen LogP contribution in [0.2, 0.25) is 0 Å². The Morgan fingerprint density at radius 3 is 3.12 bits per heavy atom. The van der Waals surface area contributed by atoms with Gasteiger partial charge in [0.15, 0.2) is 5.65 Å². The molecular formula is C10H12N4O2. The average molecular weight is 220 g/mol. The lowest BCUT2D eigenvalue weighted by Crippen LogP contribution is -2.27. The topological polar surface area (TPSA) is 68.5 Å². The summed E-state index contributed by atoms with van der Waals surface area (Å²) in [6.45, 7) is 1.72. The van der Waals surface area contributed by atoms with Crippen molar-refractivity contribution in [2.45, 2.75) is 13.0 Å². The molecule has 0 saturated carbocycles. The number of ether oxygens (including phenoxy) is 1. The Hall–Kier alpha value is -2.11. The molecule has 0 saturated heterocycles. The molecule has 6 nitrogen and oxygen atoms in total. The number of anilines is 1. The normalized spacial score (nSPS) is 12.4. The van der Waals surface area contributed by atoms with Crippen LogP contribution in [0.4, 0.5) is 5.82 Å². The summed E-state index contributed by atoms with van der Waals surface area (Å²) in [5.74, 6) is 0.293. The van der Waals surface area contributed by atoms with Gasteiger partial charge >= 0.3 is 5.97 Å². The number of rotatable bonds is 3. The largest absolute Gasteiger partial charge is 0.467 e. The van der Waals surface area contributed by atoms with Crippen LogP contribution in [0.1, 0.15) is 6.92 Å². The Morgan fingerprint density at radius 2 is 2.38 bits per heavy atom. The van der Waals surface area contributed by atoms with Crippen molar-refractivity contribution in [3.63, 3.8) is 0 Å². The van der Waals surface area contributed by atoms with Crippen LogP contribution >= 0.6 is 0 Å². The fourth-order valence-corrected chi connectivity index (χ4v) is 1.35. The molecule has 6 heteroatoms. The van der Waals surface area contributed by atoms with Crippen molar-refractivity contribution in [3.8, 4) is 0 Å². The van der Waals surface area contributed by atoms with E-state index in [1.165, 1.54) is 7.11 Å². The summed E-state index contributed by atoms with van der Waals surface area (Å²) in [5, 5.41) is 6.97. The SMILES string of the molecule is COC(=O)C(C)Nc1ccn2nccc2n1. The van der Waals surface area contributed by atoms with Crippen molar-refractivity contribution < 1.29 is 9.53 Å². The molecule has 0 fully saturated rings. The maximum atomic E-state index is 11.2. The lowest BCUT2D eigenvalue weighted by Gasteiger charge is -2.11. The van der Waals surface area contributed by atoms with Crippen LogP contribution in [0, 0.1) is 0 Å². The molecule has 0 bridgehead atoms. The highest BCUT2D eigenvalue weighted by atomic mass is 16.5. The number of carbonyl (C=O) groups excluding carboxylic acids is 1. The van der Waals surface area contributed by atoms with Gasteiger partial charge in [0.1, 0.15) is 11.9 Å². The predicted octanol–water partition coefficient (Wildman–Crippen LogP) is 0.703. The van der Waals surface area contributed by atoms with Crippen LogP contribution in [-0.2, 0) is 9.53 Å². The highest BCUT2D eigenvalue weighted by Gasteiger charge is 2.13. The number of hydrogen-bond acceptors (Lipinski definition) is 5. The lowest BCUT2D eigenvalue weighted by molar-refractivity contribution is -0.141. The van der Waals surface area contributed by atoms with Crippen molar-refractivity contribution in [1.82, 2.24) is 14.6 Å². The van der Waals surface area contributed by atoms with Gasteiger partial charge in [0.25, 0.3) is 0 Å². The Kier molecular flexibility index (Phi) is 2.72. The van der Waals surface area contributed by atoms with Gasteiger partial charge in [-0.25, -0.2) is 14.3 Å². The summed E-state index contributed by atoms with van der Waals surface area (Å²) in [4.78, 5) is 15.5. The Bertz CT molecular complexity index is 508. The molecule has 0 aliphatic carbocycles. The van der Waals surface area contributed by atoms with Crippen molar-refractivity contribution in [2.24, 2.45) is 0 Å². The highest BCUT2D eigenvalue weighted by Crippen LogP contribution is 2.07. The standard InChI is InChI=1S/C10H12N4O2/c1-7(10(15)16-2)12-8-4-6-14-9(13-8)3-5-11-14/h3-7H,1-2H3,(H,12,13). The molecule has 1 unspecified atom stereocenters. The van der Waals surface area contributed by atoms with Crippen molar-refractivity contribution in [2.75, 3.05) is 12.4 Å². The number of nitrogens with zero attached hydrogens (tertiary/aromatic N) is 3. The van der Waals surface area contributed by atoms with E-state index in [0.29, 0.717) is 5.82 Å². The van der Waals surface area contributed by atoms with E-state index in [2.05, 4.69) is 20.1 Å². The van der Waals surface area contributed by atoms with Gasteiger partial charge < -0.3 is 10.1 Å². The number of esters is 1. The quantitative estimate of drug-likeness (QED) is 0.771. The third-order valence-electron chi connectivity index (χ3n) is 2.18. The smallest absolute Gasteiger partial charge is 0.328 e. The predicted molar refractivity (Wildman–Crippen MR) is 58.1 cm³/mol. The van der Waals surface area contributed by atoms with E-state index in [1.54, 1.807) is 36.0 Å². The van der Waals surface area contributed by atoms with Crippen molar-refractivity contribution in [1.29, 1.82) is 0 Å². The van der Waals surface area contributed by atoms with Gasteiger partial charge in [-0.1, -0.05) is 0 Å². The minimum Gasteiger partial charge on any atom is -0.467 e. The maximum Gasteiger partial charge on any atom is 0.328 e. The fraction of sp³-hybridized carbons (Fsp3) is 0.300. The van der Waals surface area contributed by atoms with Gasteiger partial charge in [0.2, 0.25) is 0 Å². The molecule has 2 heterocycles. The van der Waals surface area contributed by atoms with E-state index in [4.69, 9.17) is 0 Å². The number of fused-ring (bicyclic) bond motifs is 1. The average Bonchev–Trinajstić information content (AvgIpc) is 2.75. The minimum absolute atomic E-state index is 0.324. The maximum absolute atomic E-state index is 11.2. The van der Waals surface area contributed by atoms with E-state index in [0.717, 1.165) is 5.65 Å². The summed E-state index contributed by atoms with van der Waals surface area (Å²) in [5.41, 5.74) is 0.724. The van der Waals surface area contributed by atoms with Crippen LogP contribution in [0.25, 0.3) is 5.65 Å². The van der Waals surface area contributed by atoms with Gasteiger partial charge in [0.05, 0.1) is 13.3 Å². The molecule has 84 valence electrons. The van der Waals surface area contributed by atoms with E-state index < -0.39 is 6.04 Å². The second-order valence-corrected chi connectivity index (χ2v) is 3.34. The van der Waals surface area contributed by atoms with Crippen LogP contribution in [-0.4, -0.2) is 33.7 Å². The third kappa shape index (κ3) is 1.95. The molecule has 0 aromatic carbocycles. The second-order valence-electron chi connectivity index (χ2n) is 3.34. The zero-order valence-electron chi connectivity index (χ0n) is 9.04. The van der Waals surface area contributed by atoms with Crippen LogP contribution in [0.15, 0.2) is 24.5 Å². The number of carbonyl (C=O) groups is 1. The number of nitrogens with one attached hydrogen (secondary N) is 1. The van der Waals surface area contributed by atoms with Crippen molar-refractivity contribution >= 4 is 17.4 Å². The number of aromatic nitrogens is 3. The molecule has 0 spiro atoms. The fourth-order valence-electron chi connectivity index (χ4n) is 1.35. The summed E-state index contributed by atoms with van der Waals surface area (Å²) >= 11 is 0. The zero-order valence-corrected chi connectivity index (χ0v) is 9.04. The Balaban J connectivity index is 2.17. The third-order valence-corrected chi connectivity index (χ3v) is 2.18. The monoisotopic (exact) mass is 220 g/mol. The first-order chi connectivity index (χ1) is 7.70. The molecule has 1 N–H and O–H groups in total. The number of methoxy groups -OCH3 is 1. The van der Waals surface area contributed by atoms with Crippen LogP contribution in [0.5, 0.6) is 0 Å². The Morgan fingerprint density at radius 1 is 1.56 bits per heavy atom. The Labute approximate surface area is 92.2 Å². The first-order valence-corrected chi connectivity index (χ1v) is 4.85. The van der Waals surface area contributed by atoms with E-state index in [9.17, 15) is 4.79 Å². The molecule has 0 amide bonds. The molecule has 2 aromatic heterocycles. The summed E-state index contributed by atoms with van der Waals surface area (Å²) in [6, 6.07) is 3.11. The summed E-state index contributed by atoms with van der Waals surface area (Å²) < 4.78 is 6.26. The molecule has 0 radical (unpaired) electrons. The summed E-state index contributed by atoms with van der Waals surface area (Å²) in [7, 11) is 1.36. The lowest BCUT2D eigenvalue weighted by atomic mass is 10.3. The molecule has 1 atom stereocenters. The highest BCUT2D eigenvalue weighted by molar-refractivity contribution is 5.78. The first-order valence-electron chi connectivity index (χ1n) is 4.85. The molecule has 0 aliphatic rings. The molecule has 2 rings (SSSR count). The number of hydrogen-bond donors (Lipinski definition) is 1. The van der Waals surface area contributed by atoms with Gasteiger partial charge in [-0.15, -0.1) is 0 Å². The summed E-state index contributed by atoms with van der Waals surface area (Å²) in [6.07, 6.45) is 3.44. The molecule has 0 aliphatic heterocycles. The van der Waals surface area contributed by atoms with E-state index in [-0.39, 0.29) is 5.97 Å². The van der Waals surface area contributed by atoms with Gasteiger partial charge in [-0.05, 0) is 13.0 Å². The van der Waals surface area contributed by atoms with Gasteiger partial charge in [0, 0.05) is 12.3 Å². The molecule has 16 heavy (non-hydrogen) atoms. The molecule has 2 aromatic rings. The first kappa shape index (κ1) is 10.4. The van der Waals surface area contributed by atoms with E-state index >= 15 is 0 Å². The van der Waals surface area contributed by atoms with Crippen molar-refractivity contribution in [3.05, 3.63) is 24.5 Å². The van der Waals surface area contributed by atoms with Gasteiger partial charge in [-0.2, -0.15) is 5.10 Å². The van der Waals surface area contributed by atoms with Crippen LogP contribution in [0.3, 0.4) is 0 Å².